The van der Waals surface area contributed by atoms with Crippen molar-refractivity contribution in [2.24, 2.45) is 0 Å². The first-order chi connectivity index (χ1) is 22.1. The van der Waals surface area contributed by atoms with Gasteiger partial charge in [0.05, 0.1) is 17.2 Å². The first-order valence-corrected chi connectivity index (χ1v) is 15.6. The number of alkyl halides is 3. The summed E-state index contributed by atoms with van der Waals surface area (Å²) in [6, 6.07) is 26.1. The highest BCUT2D eigenvalue weighted by atomic mass is 19.4. The number of aromatic nitrogens is 1. The van der Waals surface area contributed by atoms with E-state index in [0.717, 1.165) is 72.1 Å². The van der Waals surface area contributed by atoms with Crippen LogP contribution >= 0.6 is 0 Å². The summed E-state index contributed by atoms with van der Waals surface area (Å²) in [4.78, 5) is 17.9. The number of halogens is 3. The van der Waals surface area contributed by atoms with E-state index in [2.05, 4.69) is 16.4 Å². The quantitative estimate of drug-likeness (QED) is 0.196. The Balaban J connectivity index is 1.17. The average Bonchev–Trinajstić information content (AvgIpc) is 3.51. The van der Waals surface area contributed by atoms with Crippen LogP contribution in [0.5, 0.6) is 0 Å². The van der Waals surface area contributed by atoms with Crippen LogP contribution in [0.4, 0.5) is 13.2 Å². The van der Waals surface area contributed by atoms with Gasteiger partial charge in [-0.05, 0) is 84.0 Å². The second kappa shape index (κ2) is 12.5. The summed E-state index contributed by atoms with van der Waals surface area (Å²) < 4.78 is 45.1. The lowest BCUT2D eigenvalue weighted by Gasteiger charge is -2.38. The lowest BCUT2D eigenvalue weighted by Crippen LogP contribution is -2.42. The first-order valence-electron chi connectivity index (χ1n) is 15.6. The van der Waals surface area contributed by atoms with Gasteiger partial charge < -0.3 is 9.73 Å². The molecule has 1 N–H and O–H groups in total. The molecule has 0 aliphatic heterocycles. The lowest BCUT2D eigenvalue weighted by atomic mass is 9.69. The molecule has 5 nitrogen and oxygen atoms in total. The third kappa shape index (κ3) is 6.28. The van der Waals surface area contributed by atoms with E-state index >= 15 is 0 Å². The maximum Gasteiger partial charge on any atom is 0.416 e. The number of nitrogens with one attached hydrogen (secondary N) is 1. The molecule has 1 aliphatic rings. The predicted octanol–water partition coefficient (Wildman–Crippen LogP) is 9.81. The number of nitrogens with zero attached hydrogens (tertiary/aromatic N) is 2. The largest absolute Gasteiger partial charge is 0.436 e. The number of hydrogen-bond acceptors (Lipinski definition) is 4. The van der Waals surface area contributed by atoms with Gasteiger partial charge in [-0.1, -0.05) is 69.5 Å². The minimum atomic E-state index is -4.37. The normalized spacial score (nSPS) is 14.7. The van der Waals surface area contributed by atoms with Gasteiger partial charge in [0.25, 0.3) is 5.91 Å². The number of hydrogen-bond donors (Lipinski definition) is 1. The van der Waals surface area contributed by atoms with Crippen LogP contribution in [-0.4, -0.2) is 17.4 Å². The van der Waals surface area contributed by atoms with Gasteiger partial charge in [-0.2, -0.15) is 18.4 Å². The van der Waals surface area contributed by atoms with Gasteiger partial charge in [-0.15, -0.1) is 0 Å². The van der Waals surface area contributed by atoms with E-state index < -0.39 is 11.7 Å². The molecule has 5 aromatic rings. The van der Waals surface area contributed by atoms with Gasteiger partial charge in [0.15, 0.2) is 5.58 Å². The average molecular weight is 622 g/mol. The van der Waals surface area contributed by atoms with Crippen LogP contribution in [0.3, 0.4) is 0 Å². The van der Waals surface area contributed by atoms with Crippen LogP contribution in [0.15, 0.2) is 89.3 Å². The Morgan fingerprint density at radius 3 is 2.11 bits per heavy atom. The van der Waals surface area contributed by atoms with E-state index in [-0.39, 0.29) is 17.2 Å². The van der Waals surface area contributed by atoms with Crippen LogP contribution < -0.4 is 5.32 Å². The van der Waals surface area contributed by atoms with Crippen molar-refractivity contribution < 1.29 is 22.4 Å². The zero-order chi connectivity index (χ0) is 32.5. The molecule has 1 saturated carbocycles. The second-order valence-electron chi connectivity index (χ2n) is 12.5. The predicted molar refractivity (Wildman–Crippen MR) is 172 cm³/mol. The molecule has 0 unspecified atom stereocenters. The van der Waals surface area contributed by atoms with Crippen molar-refractivity contribution in [2.75, 3.05) is 6.54 Å². The number of carbonyl (C=O) groups is 1. The molecular weight excluding hydrogens is 587 g/mol. The summed E-state index contributed by atoms with van der Waals surface area (Å²) in [5, 5.41) is 12.6. The molecule has 1 aromatic heterocycles. The highest BCUT2D eigenvalue weighted by Gasteiger charge is 2.34. The van der Waals surface area contributed by atoms with Gasteiger partial charge >= 0.3 is 6.18 Å². The number of amides is 1. The lowest BCUT2D eigenvalue weighted by molar-refractivity contribution is -0.137. The van der Waals surface area contributed by atoms with Crippen molar-refractivity contribution in [1.82, 2.24) is 10.3 Å². The van der Waals surface area contributed by atoms with Gasteiger partial charge in [-0.3, -0.25) is 4.79 Å². The molecule has 8 heteroatoms. The molecule has 0 spiro atoms. The third-order valence-electron chi connectivity index (χ3n) is 9.10. The summed E-state index contributed by atoms with van der Waals surface area (Å²) in [7, 11) is 0. The summed E-state index contributed by atoms with van der Waals surface area (Å²) in [5.74, 6) is 0.420. The fourth-order valence-corrected chi connectivity index (χ4v) is 6.46. The van der Waals surface area contributed by atoms with E-state index in [1.165, 1.54) is 12.1 Å². The van der Waals surface area contributed by atoms with Gasteiger partial charge in [-0.25, -0.2) is 4.98 Å². The van der Waals surface area contributed by atoms with Crippen LogP contribution in [-0.2, 0) is 11.6 Å². The molecule has 6 rings (SSSR count). The van der Waals surface area contributed by atoms with E-state index in [1.54, 1.807) is 18.2 Å². The number of nitriles is 1. The van der Waals surface area contributed by atoms with Crippen molar-refractivity contribution in [3.05, 3.63) is 113 Å². The van der Waals surface area contributed by atoms with Crippen molar-refractivity contribution in [1.29, 1.82) is 5.26 Å². The minimum absolute atomic E-state index is 0.159. The zero-order valence-electron chi connectivity index (χ0n) is 25.7. The molecule has 1 aliphatic carbocycles. The van der Waals surface area contributed by atoms with E-state index in [0.29, 0.717) is 34.7 Å². The Kier molecular flexibility index (Phi) is 8.43. The molecule has 0 radical (unpaired) electrons. The fraction of sp³-hybridized carbons (Fsp3) is 0.289. The summed E-state index contributed by atoms with van der Waals surface area (Å²) in [5.41, 5.74) is 5.81. The van der Waals surface area contributed by atoms with E-state index in [9.17, 15) is 23.2 Å². The second-order valence-corrected chi connectivity index (χ2v) is 12.5. The Hall–Kier alpha value is -4.90. The molecule has 234 valence electrons. The number of oxazole rings is 1. The summed E-state index contributed by atoms with van der Waals surface area (Å²) >= 11 is 0. The summed E-state index contributed by atoms with van der Waals surface area (Å²) in [6.45, 7) is 4.57. The molecule has 1 amide bonds. The Bertz CT molecular complexity index is 1890. The van der Waals surface area contributed by atoms with Gasteiger partial charge in [0.2, 0.25) is 5.89 Å². The summed E-state index contributed by atoms with van der Waals surface area (Å²) in [6.07, 6.45) is 0.780. The molecular formula is C38H34F3N3O2. The minimum Gasteiger partial charge on any atom is -0.436 e. The third-order valence-corrected chi connectivity index (χ3v) is 9.10. The first kappa shape index (κ1) is 31.1. The standard InChI is InChI=1S/C38H34F3N3O2/c1-24(2)32-20-25(22-42)21-33-34(32)46-36(44-33)29-8-6-28(7-9-29)35(45)43-23-37(18-4-3-5-19-37)30-14-10-26(11-15-30)27-12-16-31(17-13-27)38(39,40)41/h6-17,20-21,24H,3-5,18-19,23H2,1-2H3,(H,43,45). The molecule has 0 bridgehead atoms. The molecule has 1 fully saturated rings. The van der Waals surface area contributed by atoms with Crippen LogP contribution in [0, 0.1) is 11.3 Å². The Morgan fingerprint density at radius 1 is 0.913 bits per heavy atom. The number of rotatable bonds is 7. The topological polar surface area (TPSA) is 78.9 Å². The molecule has 0 saturated heterocycles. The molecule has 0 atom stereocenters. The van der Waals surface area contributed by atoms with Crippen LogP contribution in [0.25, 0.3) is 33.7 Å². The van der Waals surface area contributed by atoms with Gasteiger partial charge in [0.1, 0.15) is 5.52 Å². The smallest absolute Gasteiger partial charge is 0.416 e. The number of carbonyl (C=O) groups excluding carboxylic acids is 1. The van der Waals surface area contributed by atoms with Crippen LogP contribution in [0.2, 0.25) is 0 Å². The molecule has 1 heterocycles. The monoisotopic (exact) mass is 621 g/mol. The van der Waals surface area contributed by atoms with Gasteiger partial charge in [0, 0.05) is 28.7 Å². The fourth-order valence-electron chi connectivity index (χ4n) is 6.46. The zero-order valence-corrected chi connectivity index (χ0v) is 25.7. The van der Waals surface area contributed by atoms with Crippen molar-refractivity contribution in [2.45, 2.75) is 63.5 Å². The van der Waals surface area contributed by atoms with Crippen molar-refractivity contribution >= 4 is 17.0 Å². The Morgan fingerprint density at radius 2 is 1.52 bits per heavy atom. The number of benzene rings is 4. The number of fused-ring (bicyclic) bond motifs is 1. The highest BCUT2D eigenvalue weighted by molar-refractivity contribution is 5.94. The maximum absolute atomic E-state index is 13.3. The van der Waals surface area contributed by atoms with Crippen molar-refractivity contribution in [3.8, 4) is 28.7 Å². The van der Waals surface area contributed by atoms with Crippen molar-refractivity contribution in [3.63, 3.8) is 0 Å². The Labute approximate surface area is 266 Å². The van der Waals surface area contributed by atoms with E-state index in [4.69, 9.17) is 4.42 Å². The van der Waals surface area contributed by atoms with Crippen LogP contribution in [0.1, 0.15) is 84.5 Å². The van der Waals surface area contributed by atoms with E-state index in [1.807, 2.05) is 56.3 Å². The maximum atomic E-state index is 13.3. The SMILES string of the molecule is CC(C)c1cc(C#N)cc2nc(-c3ccc(C(=O)NCC4(c5ccc(-c6ccc(C(F)(F)F)cc6)cc5)CCCCC4)cc3)oc12. The molecule has 46 heavy (non-hydrogen) atoms. The highest BCUT2D eigenvalue weighted by Crippen LogP contribution is 2.40. The molecule has 4 aromatic carbocycles.